The fourth-order valence-corrected chi connectivity index (χ4v) is 1.39. The highest BCUT2D eigenvalue weighted by Gasteiger charge is 2.43. The first-order valence-corrected chi connectivity index (χ1v) is 3.56. The summed E-state index contributed by atoms with van der Waals surface area (Å²) < 4.78 is 0. The number of carbonyl (C=O) groups excluding carboxylic acids is 2. The Bertz CT molecular complexity index is 196. The average Bonchev–Trinajstić information content (AvgIpc) is 2.61. The van der Waals surface area contributed by atoms with Crippen molar-refractivity contribution in [3.05, 3.63) is 0 Å². The molecule has 0 aromatic carbocycles. The quantitative estimate of drug-likeness (QED) is 0.481. The molecular weight excluding hydrogens is 130 g/mol. The minimum atomic E-state index is -0.220. The second-order valence-corrected chi connectivity index (χ2v) is 2.99. The number of imide groups is 1. The zero-order valence-corrected chi connectivity index (χ0v) is 5.54. The van der Waals surface area contributed by atoms with Crippen molar-refractivity contribution in [2.75, 3.05) is 0 Å². The van der Waals surface area contributed by atoms with Crippen LogP contribution >= 0.6 is 0 Å². The lowest BCUT2D eigenvalue weighted by atomic mass is 10.0. The molecule has 1 heterocycles. The highest BCUT2D eigenvalue weighted by molar-refractivity contribution is 6.03. The lowest BCUT2D eigenvalue weighted by Gasteiger charge is -1.97. The molecule has 1 radical (unpaired) electrons. The minimum absolute atomic E-state index is 0.0347. The van der Waals surface area contributed by atoms with Crippen LogP contribution in [0.3, 0.4) is 0 Å². The van der Waals surface area contributed by atoms with Crippen LogP contribution in [0.2, 0.25) is 0 Å². The van der Waals surface area contributed by atoms with E-state index >= 15 is 0 Å². The SMILES string of the molecule is O=C1CC(C2CC2)C(=O)[N]1. The summed E-state index contributed by atoms with van der Waals surface area (Å²) in [5.41, 5.74) is 0. The first-order chi connectivity index (χ1) is 4.77. The van der Waals surface area contributed by atoms with Gasteiger partial charge in [-0.15, -0.1) is 0 Å². The van der Waals surface area contributed by atoms with Crippen molar-refractivity contribution in [2.24, 2.45) is 11.8 Å². The molecule has 3 nitrogen and oxygen atoms in total. The Labute approximate surface area is 58.8 Å². The van der Waals surface area contributed by atoms with Gasteiger partial charge in [0.15, 0.2) is 0 Å². The summed E-state index contributed by atoms with van der Waals surface area (Å²) >= 11 is 0. The summed E-state index contributed by atoms with van der Waals surface area (Å²) in [6.07, 6.45) is 2.60. The normalized spacial score (nSPS) is 32.6. The van der Waals surface area contributed by atoms with Crippen molar-refractivity contribution in [3.63, 3.8) is 0 Å². The van der Waals surface area contributed by atoms with Gasteiger partial charge < -0.3 is 0 Å². The first kappa shape index (κ1) is 5.89. The van der Waals surface area contributed by atoms with E-state index in [2.05, 4.69) is 5.32 Å². The predicted molar refractivity (Wildman–Crippen MR) is 33.0 cm³/mol. The van der Waals surface area contributed by atoms with Crippen LogP contribution in [0.4, 0.5) is 0 Å². The molecule has 2 aliphatic rings. The number of rotatable bonds is 1. The van der Waals surface area contributed by atoms with E-state index in [0.717, 1.165) is 12.8 Å². The molecule has 0 bridgehead atoms. The fraction of sp³-hybridized carbons (Fsp3) is 0.714. The smallest absolute Gasteiger partial charge is 0.252 e. The van der Waals surface area contributed by atoms with E-state index < -0.39 is 0 Å². The van der Waals surface area contributed by atoms with E-state index in [1.165, 1.54) is 0 Å². The molecule has 2 amide bonds. The molecule has 1 saturated heterocycles. The maximum atomic E-state index is 10.9. The molecule has 0 aromatic heterocycles. The standard InChI is InChI=1S/C7H8NO2/c9-6-3-5(4-1-2-4)7(10)8-6/h4-5H,1-3H2. The van der Waals surface area contributed by atoms with Gasteiger partial charge in [0, 0.05) is 6.42 Å². The number of nitrogens with zero attached hydrogens (tertiary/aromatic N) is 1. The average molecular weight is 138 g/mol. The van der Waals surface area contributed by atoms with Crippen molar-refractivity contribution in [1.82, 2.24) is 5.32 Å². The Morgan fingerprint density at radius 3 is 2.40 bits per heavy atom. The molecular formula is C7H8NO2. The van der Waals surface area contributed by atoms with Gasteiger partial charge in [0.2, 0.25) is 5.91 Å². The number of hydrogen-bond donors (Lipinski definition) is 0. The molecule has 0 spiro atoms. The third kappa shape index (κ3) is 0.818. The lowest BCUT2D eigenvalue weighted by Crippen LogP contribution is -2.15. The van der Waals surface area contributed by atoms with E-state index in [4.69, 9.17) is 0 Å². The maximum absolute atomic E-state index is 10.9. The Morgan fingerprint density at radius 1 is 1.30 bits per heavy atom. The molecule has 2 rings (SSSR count). The Hall–Kier alpha value is -0.860. The summed E-state index contributed by atoms with van der Waals surface area (Å²) in [5, 5.41) is 3.35. The number of hydrogen-bond acceptors (Lipinski definition) is 2. The van der Waals surface area contributed by atoms with Crippen molar-refractivity contribution < 1.29 is 9.59 Å². The Kier molecular flexibility index (Phi) is 1.07. The molecule has 1 saturated carbocycles. The molecule has 10 heavy (non-hydrogen) atoms. The van der Waals surface area contributed by atoms with Crippen LogP contribution in [0.25, 0.3) is 0 Å². The summed E-state index contributed by atoms with van der Waals surface area (Å²) in [5.74, 6) is 0.0598. The highest BCUT2D eigenvalue weighted by atomic mass is 16.2. The molecule has 1 unspecified atom stereocenters. The lowest BCUT2D eigenvalue weighted by molar-refractivity contribution is -0.126. The van der Waals surface area contributed by atoms with E-state index in [1.807, 2.05) is 0 Å². The predicted octanol–water partition coefficient (Wildman–Crippen LogP) is 0.0739. The van der Waals surface area contributed by atoms with Crippen molar-refractivity contribution >= 4 is 11.8 Å². The van der Waals surface area contributed by atoms with Gasteiger partial charge in [-0.05, 0) is 18.8 Å². The van der Waals surface area contributed by atoms with Crippen molar-refractivity contribution in [3.8, 4) is 0 Å². The van der Waals surface area contributed by atoms with Gasteiger partial charge in [-0.2, -0.15) is 5.32 Å². The largest absolute Gasteiger partial charge is 0.272 e. The summed E-state index contributed by atoms with van der Waals surface area (Å²) in [6.45, 7) is 0. The van der Waals surface area contributed by atoms with E-state index in [1.54, 1.807) is 0 Å². The fourth-order valence-electron chi connectivity index (χ4n) is 1.39. The van der Waals surface area contributed by atoms with Crippen molar-refractivity contribution in [1.29, 1.82) is 0 Å². The molecule has 3 heteroatoms. The minimum Gasteiger partial charge on any atom is -0.272 e. The molecule has 1 aliphatic carbocycles. The van der Waals surface area contributed by atoms with Crippen LogP contribution in [0, 0.1) is 11.8 Å². The zero-order chi connectivity index (χ0) is 7.14. The molecule has 53 valence electrons. The monoisotopic (exact) mass is 138 g/mol. The van der Waals surface area contributed by atoms with Gasteiger partial charge in [0.1, 0.15) is 0 Å². The zero-order valence-electron chi connectivity index (χ0n) is 5.54. The topological polar surface area (TPSA) is 48.2 Å². The molecule has 1 aliphatic heterocycles. The number of carbonyl (C=O) groups is 2. The number of amides is 2. The van der Waals surface area contributed by atoms with Crippen LogP contribution in [0.1, 0.15) is 19.3 Å². The van der Waals surface area contributed by atoms with Crippen LogP contribution in [-0.2, 0) is 9.59 Å². The Morgan fingerprint density at radius 2 is 2.00 bits per heavy atom. The Balaban J connectivity index is 2.08. The first-order valence-electron chi connectivity index (χ1n) is 3.56. The third-order valence-electron chi connectivity index (χ3n) is 2.14. The van der Waals surface area contributed by atoms with Gasteiger partial charge in [-0.3, -0.25) is 9.59 Å². The summed E-state index contributed by atoms with van der Waals surface area (Å²) in [7, 11) is 0. The van der Waals surface area contributed by atoms with Gasteiger partial charge in [0.05, 0.1) is 5.92 Å². The molecule has 1 atom stereocenters. The maximum Gasteiger partial charge on any atom is 0.252 e. The second kappa shape index (κ2) is 1.81. The van der Waals surface area contributed by atoms with Crippen LogP contribution in [0.5, 0.6) is 0 Å². The van der Waals surface area contributed by atoms with E-state index in [-0.39, 0.29) is 17.7 Å². The van der Waals surface area contributed by atoms with Gasteiger partial charge >= 0.3 is 0 Å². The van der Waals surface area contributed by atoms with Crippen LogP contribution < -0.4 is 5.32 Å². The van der Waals surface area contributed by atoms with E-state index in [9.17, 15) is 9.59 Å². The van der Waals surface area contributed by atoms with Crippen molar-refractivity contribution in [2.45, 2.75) is 19.3 Å². The summed E-state index contributed by atoms with van der Waals surface area (Å²) in [4.78, 5) is 21.5. The highest BCUT2D eigenvalue weighted by Crippen LogP contribution is 2.40. The second-order valence-electron chi connectivity index (χ2n) is 2.99. The van der Waals surface area contributed by atoms with Gasteiger partial charge in [0.25, 0.3) is 5.91 Å². The molecule has 0 N–H and O–H groups in total. The van der Waals surface area contributed by atoms with Gasteiger partial charge in [-0.1, -0.05) is 0 Å². The van der Waals surface area contributed by atoms with Gasteiger partial charge in [-0.25, -0.2) is 0 Å². The summed E-state index contributed by atoms with van der Waals surface area (Å²) in [6, 6.07) is 0. The molecule has 0 aromatic rings. The molecule has 2 fully saturated rings. The van der Waals surface area contributed by atoms with E-state index in [0.29, 0.717) is 12.3 Å². The third-order valence-corrected chi connectivity index (χ3v) is 2.14. The van der Waals surface area contributed by atoms with Crippen LogP contribution in [0.15, 0.2) is 0 Å². The van der Waals surface area contributed by atoms with Crippen LogP contribution in [-0.4, -0.2) is 11.8 Å².